The van der Waals surface area contributed by atoms with E-state index in [2.05, 4.69) is 58.5 Å². The van der Waals surface area contributed by atoms with Gasteiger partial charge in [0.05, 0.1) is 18.6 Å². The van der Waals surface area contributed by atoms with Gasteiger partial charge in [0, 0.05) is 30.7 Å². The third-order valence-corrected chi connectivity index (χ3v) is 3.29. The maximum absolute atomic E-state index is 4.22. The number of imidazole rings is 1. The molecule has 0 saturated carbocycles. The lowest BCUT2D eigenvalue weighted by molar-refractivity contribution is 0.546. The largest absolute Gasteiger partial charge is 0.344 e. The Hall–Kier alpha value is -1.55. The fraction of sp³-hybridized carbons (Fsp3) is 0.500. The van der Waals surface area contributed by atoms with Crippen LogP contribution in [0.4, 0.5) is 0 Å². The van der Waals surface area contributed by atoms with Crippen LogP contribution < -0.4 is 5.32 Å². The van der Waals surface area contributed by atoms with E-state index in [1.165, 1.54) is 11.4 Å². The van der Waals surface area contributed by atoms with Crippen LogP contribution in [0.25, 0.3) is 0 Å². The van der Waals surface area contributed by atoms with Crippen molar-refractivity contribution in [1.29, 1.82) is 0 Å². The van der Waals surface area contributed by atoms with E-state index in [0.29, 0.717) is 6.04 Å². The minimum atomic E-state index is 0.378. The zero-order valence-corrected chi connectivity index (χ0v) is 11.4. The molecule has 4 heteroatoms. The van der Waals surface area contributed by atoms with E-state index in [4.69, 9.17) is 0 Å². The highest BCUT2D eigenvalue weighted by Gasteiger charge is 2.10. The lowest BCUT2D eigenvalue weighted by Crippen LogP contribution is -2.21. The van der Waals surface area contributed by atoms with Gasteiger partial charge in [-0.05, 0) is 32.5 Å². The Balaban J connectivity index is 2.17. The monoisotopic (exact) mass is 246 g/mol. The van der Waals surface area contributed by atoms with Crippen LogP contribution in [0.15, 0.2) is 30.9 Å². The first-order valence-electron chi connectivity index (χ1n) is 6.63. The summed E-state index contributed by atoms with van der Waals surface area (Å²) in [7, 11) is 0. The maximum Gasteiger partial charge on any atom is 0.0948 e. The summed E-state index contributed by atoms with van der Waals surface area (Å²) in [5, 5.41) is 3.45. The fourth-order valence-corrected chi connectivity index (χ4v) is 2.31. The molecule has 0 bridgehead atoms. The van der Waals surface area contributed by atoms with Crippen LogP contribution in [-0.4, -0.2) is 20.7 Å². The minimum Gasteiger partial charge on any atom is -0.344 e. The number of aryl methyl sites for hydroxylation is 1. The second-order valence-electron chi connectivity index (χ2n) is 4.51. The first-order chi connectivity index (χ1) is 8.76. The van der Waals surface area contributed by atoms with E-state index in [-0.39, 0.29) is 0 Å². The topological polar surface area (TPSA) is 34.8 Å². The van der Waals surface area contributed by atoms with Crippen LogP contribution in [0.5, 0.6) is 0 Å². The van der Waals surface area contributed by atoms with Crippen LogP contribution in [-0.2, 0) is 13.1 Å². The number of nitrogens with zero attached hydrogens (tertiary/aromatic N) is 3. The molecular formula is C14H22N4. The Morgan fingerprint density at radius 1 is 1.33 bits per heavy atom. The van der Waals surface area contributed by atoms with Gasteiger partial charge < -0.3 is 14.5 Å². The zero-order valence-electron chi connectivity index (χ0n) is 11.4. The summed E-state index contributed by atoms with van der Waals surface area (Å²) < 4.78 is 4.47. The number of hydrogen-bond acceptors (Lipinski definition) is 2. The van der Waals surface area contributed by atoms with Crippen molar-refractivity contribution in [3.05, 3.63) is 42.2 Å². The van der Waals surface area contributed by atoms with E-state index in [0.717, 1.165) is 19.6 Å². The van der Waals surface area contributed by atoms with Gasteiger partial charge in [-0.3, -0.25) is 0 Å². The second-order valence-corrected chi connectivity index (χ2v) is 4.51. The molecule has 2 aromatic rings. The summed E-state index contributed by atoms with van der Waals surface area (Å²) in [4.78, 5) is 4.22. The van der Waals surface area contributed by atoms with Crippen molar-refractivity contribution < 1.29 is 0 Å². The van der Waals surface area contributed by atoms with Gasteiger partial charge in [-0.15, -0.1) is 0 Å². The Labute approximate surface area is 109 Å². The first kappa shape index (κ1) is 12.9. The van der Waals surface area contributed by atoms with E-state index in [1.807, 2.05) is 12.5 Å². The molecule has 2 aromatic heterocycles. The highest BCUT2D eigenvalue weighted by Crippen LogP contribution is 2.15. The molecule has 98 valence electrons. The predicted octanol–water partition coefficient (Wildman–Crippen LogP) is 2.42. The summed E-state index contributed by atoms with van der Waals surface area (Å²) in [5.74, 6) is 0. The average molecular weight is 246 g/mol. The number of aromatic nitrogens is 3. The third kappa shape index (κ3) is 2.64. The molecule has 4 nitrogen and oxygen atoms in total. The van der Waals surface area contributed by atoms with Crippen molar-refractivity contribution in [3.8, 4) is 0 Å². The van der Waals surface area contributed by atoms with E-state index >= 15 is 0 Å². The van der Waals surface area contributed by atoms with E-state index < -0.39 is 0 Å². The molecule has 2 rings (SSSR count). The lowest BCUT2D eigenvalue weighted by atomic mass is 10.2. The summed E-state index contributed by atoms with van der Waals surface area (Å²) in [6, 6.07) is 4.67. The molecule has 2 heterocycles. The minimum absolute atomic E-state index is 0.378. The summed E-state index contributed by atoms with van der Waals surface area (Å²) >= 11 is 0. The SMILES string of the molecule is CCNC(C)c1cccn1Cc1cncn1CC. The molecule has 0 aromatic carbocycles. The molecule has 0 spiro atoms. The zero-order chi connectivity index (χ0) is 13.0. The van der Waals surface area contributed by atoms with Crippen LogP contribution in [0.2, 0.25) is 0 Å². The van der Waals surface area contributed by atoms with Gasteiger partial charge in [0.15, 0.2) is 0 Å². The third-order valence-electron chi connectivity index (χ3n) is 3.29. The molecule has 0 aliphatic rings. The quantitative estimate of drug-likeness (QED) is 0.849. The molecular weight excluding hydrogens is 224 g/mol. The summed E-state index contributed by atoms with van der Waals surface area (Å²) in [5.41, 5.74) is 2.57. The van der Waals surface area contributed by atoms with Crippen LogP contribution >= 0.6 is 0 Å². The standard InChI is InChI=1S/C14H22N4/c1-4-16-12(3)14-7-6-8-18(14)10-13-9-15-11-17(13)5-2/h6-9,11-12,16H,4-5,10H2,1-3H3. The highest BCUT2D eigenvalue weighted by molar-refractivity contribution is 5.14. The maximum atomic E-state index is 4.22. The van der Waals surface area contributed by atoms with Crippen molar-refractivity contribution in [2.24, 2.45) is 0 Å². The highest BCUT2D eigenvalue weighted by atomic mass is 15.1. The van der Waals surface area contributed by atoms with E-state index in [9.17, 15) is 0 Å². The van der Waals surface area contributed by atoms with Crippen molar-refractivity contribution in [2.75, 3.05) is 6.54 Å². The normalized spacial score (nSPS) is 12.8. The Kier molecular flexibility index (Phi) is 4.20. The second kappa shape index (κ2) is 5.87. The van der Waals surface area contributed by atoms with Crippen LogP contribution in [0, 0.1) is 0 Å². The lowest BCUT2D eigenvalue weighted by Gasteiger charge is -2.16. The predicted molar refractivity (Wildman–Crippen MR) is 73.5 cm³/mol. The summed E-state index contributed by atoms with van der Waals surface area (Å²) in [6.07, 6.45) is 5.98. The van der Waals surface area contributed by atoms with Gasteiger partial charge in [0.1, 0.15) is 0 Å². The smallest absolute Gasteiger partial charge is 0.0948 e. The average Bonchev–Trinajstić information content (AvgIpc) is 2.98. The molecule has 0 saturated heterocycles. The van der Waals surface area contributed by atoms with Gasteiger partial charge >= 0.3 is 0 Å². The summed E-state index contributed by atoms with van der Waals surface area (Å²) in [6.45, 7) is 9.31. The molecule has 0 aliphatic heterocycles. The Bertz CT molecular complexity index is 483. The van der Waals surface area contributed by atoms with Gasteiger partial charge in [-0.25, -0.2) is 4.98 Å². The van der Waals surface area contributed by atoms with Crippen molar-refractivity contribution in [1.82, 2.24) is 19.4 Å². The molecule has 1 unspecified atom stereocenters. The molecule has 0 amide bonds. The molecule has 0 fully saturated rings. The molecule has 1 atom stereocenters. The molecule has 1 N–H and O–H groups in total. The Morgan fingerprint density at radius 2 is 2.17 bits per heavy atom. The van der Waals surface area contributed by atoms with Crippen molar-refractivity contribution in [3.63, 3.8) is 0 Å². The van der Waals surface area contributed by atoms with Gasteiger partial charge in [-0.1, -0.05) is 6.92 Å². The van der Waals surface area contributed by atoms with Crippen LogP contribution in [0.1, 0.15) is 38.2 Å². The number of rotatable bonds is 6. The molecule has 0 aliphatic carbocycles. The van der Waals surface area contributed by atoms with Gasteiger partial charge in [0.2, 0.25) is 0 Å². The fourth-order valence-electron chi connectivity index (χ4n) is 2.31. The first-order valence-corrected chi connectivity index (χ1v) is 6.63. The van der Waals surface area contributed by atoms with E-state index in [1.54, 1.807) is 0 Å². The van der Waals surface area contributed by atoms with Crippen LogP contribution in [0.3, 0.4) is 0 Å². The molecule has 18 heavy (non-hydrogen) atoms. The van der Waals surface area contributed by atoms with Gasteiger partial charge in [-0.2, -0.15) is 0 Å². The number of nitrogens with one attached hydrogen (secondary N) is 1. The molecule has 0 radical (unpaired) electrons. The van der Waals surface area contributed by atoms with Crippen molar-refractivity contribution in [2.45, 2.75) is 39.9 Å². The Morgan fingerprint density at radius 3 is 2.89 bits per heavy atom. The number of hydrogen-bond donors (Lipinski definition) is 1. The van der Waals surface area contributed by atoms with Gasteiger partial charge in [0.25, 0.3) is 0 Å². The van der Waals surface area contributed by atoms with Crippen molar-refractivity contribution >= 4 is 0 Å².